The Balaban J connectivity index is 3.00. The van der Waals surface area contributed by atoms with Crippen LogP contribution in [0.5, 0.6) is 0 Å². The van der Waals surface area contributed by atoms with Crippen molar-refractivity contribution >= 4 is 5.91 Å². The van der Waals surface area contributed by atoms with Crippen molar-refractivity contribution in [1.29, 1.82) is 0 Å². The van der Waals surface area contributed by atoms with Crippen LogP contribution >= 0.6 is 0 Å². The highest BCUT2D eigenvalue weighted by Crippen LogP contribution is 2.11. The summed E-state index contributed by atoms with van der Waals surface area (Å²) in [7, 11) is 5.11. The summed E-state index contributed by atoms with van der Waals surface area (Å²) in [6.07, 6.45) is 0. The van der Waals surface area contributed by atoms with Gasteiger partial charge in [-0.25, -0.2) is 0 Å². The zero-order valence-corrected chi connectivity index (χ0v) is 8.78. The number of hydrogen-bond donors (Lipinski definition) is 0. The highest BCUT2D eigenvalue weighted by atomic mass is 16.5. The predicted molar refractivity (Wildman–Crippen MR) is 55.2 cm³/mol. The molecule has 0 aliphatic rings. The molecule has 1 aromatic carbocycles. The maximum atomic E-state index is 11.7. The molecule has 3 heteroatoms. The van der Waals surface area contributed by atoms with Crippen LogP contribution in [0.1, 0.15) is 15.9 Å². The van der Waals surface area contributed by atoms with Gasteiger partial charge >= 0.3 is 0 Å². The first-order chi connectivity index (χ1) is 6.66. The predicted octanol–water partition coefficient (Wildman–Crippen LogP) is 1.53. The average molecular weight is 193 g/mol. The van der Waals surface area contributed by atoms with Crippen molar-refractivity contribution in [1.82, 2.24) is 4.90 Å². The van der Waals surface area contributed by atoms with E-state index in [2.05, 4.69) is 0 Å². The molecule has 0 N–H and O–H groups in total. The van der Waals surface area contributed by atoms with Crippen LogP contribution in [0, 0.1) is 0 Å². The number of carbonyl (C=O) groups is 1. The number of carbonyl (C=O) groups excluding carboxylic acids is 1. The minimum atomic E-state index is 0.0117. The van der Waals surface area contributed by atoms with Crippen LogP contribution in [0.4, 0.5) is 0 Å². The zero-order chi connectivity index (χ0) is 10.6. The smallest absolute Gasteiger partial charge is 0.253 e. The molecule has 0 aliphatic carbocycles. The summed E-state index contributed by atoms with van der Waals surface area (Å²) in [5.41, 5.74) is 1.63. The lowest BCUT2D eigenvalue weighted by atomic mass is 10.1. The first kappa shape index (κ1) is 10.7. The van der Waals surface area contributed by atoms with Gasteiger partial charge in [-0.15, -0.1) is 0 Å². The number of nitrogens with zero attached hydrogens (tertiary/aromatic N) is 1. The first-order valence-electron chi connectivity index (χ1n) is 4.45. The second-order valence-corrected chi connectivity index (χ2v) is 3.29. The van der Waals surface area contributed by atoms with Crippen LogP contribution in [0.3, 0.4) is 0 Å². The summed E-state index contributed by atoms with van der Waals surface area (Å²) in [6, 6.07) is 7.48. The molecule has 0 spiro atoms. The van der Waals surface area contributed by atoms with Crippen LogP contribution in [0.25, 0.3) is 0 Å². The van der Waals surface area contributed by atoms with E-state index in [4.69, 9.17) is 4.74 Å². The Labute approximate surface area is 84.3 Å². The number of methoxy groups -OCH3 is 1. The lowest BCUT2D eigenvalue weighted by Gasteiger charge is -2.13. The Bertz CT molecular complexity index is 321. The molecule has 1 rings (SSSR count). The molecule has 0 saturated carbocycles. The summed E-state index contributed by atoms with van der Waals surface area (Å²) in [6.45, 7) is 0.468. The lowest BCUT2D eigenvalue weighted by molar-refractivity contribution is 0.0822. The fraction of sp³-hybridized carbons (Fsp3) is 0.364. The van der Waals surface area contributed by atoms with Crippen LogP contribution in [-0.4, -0.2) is 32.0 Å². The standard InChI is InChI=1S/C11H15NO2/c1-12(2)11(13)10-7-5-4-6-9(10)8-14-3/h4-7H,8H2,1-3H3. The second-order valence-electron chi connectivity index (χ2n) is 3.29. The number of ether oxygens (including phenoxy) is 1. The Morgan fingerprint density at radius 3 is 2.57 bits per heavy atom. The number of benzene rings is 1. The zero-order valence-electron chi connectivity index (χ0n) is 8.78. The SMILES string of the molecule is COCc1ccccc1C(=O)N(C)C. The Hall–Kier alpha value is -1.35. The van der Waals surface area contributed by atoms with E-state index in [1.54, 1.807) is 26.1 Å². The van der Waals surface area contributed by atoms with E-state index < -0.39 is 0 Å². The Morgan fingerprint density at radius 1 is 1.36 bits per heavy atom. The summed E-state index contributed by atoms with van der Waals surface area (Å²) >= 11 is 0. The van der Waals surface area contributed by atoms with Gasteiger partial charge in [0.1, 0.15) is 0 Å². The highest BCUT2D eigenvalue weighted by Gasteiger charge is 2.11. The van der Waals surface area contributed by atoms with Gasteiger partial charge in [-0.1, -0.05) is 18.2 Å². The van der Waals surface area contributed by atoms with Crippen LogP contribution in [0.15, 0.2) is 24.3 Å². The molecule has 1 amide bonds. The van der Waals surface area contributed by atoms with Crippen molar-refractivity contribution in [2.24, 2.45) is 0 Å². The van der Waals surface area contributed by atoms with E-state index in [0.29, 0.717) is 12.2 Å². The summed E-state index contributed by atoms with van der Waals surface area (Å²) < 4.78 is 5.03. The molecule has 14 heavy (non-hydrogen) atoms. The molecular weight excluding hydrogens is 178 g/mol. The molecule has 1 aromatic rings. The largest absolute Gasteiger partial charge is 0.380 e. The minimum Gasteiger partial charge on any atom is -0.380 e. The van der Waals surface area contributed by atoms with Crippen molar-refractivity contribution in [2.45, 2.75) is 6.61 Å². The van der Waals surface area contributed by atoms with E-state index in [9.17, 15) is 4.79 Å². The Kier molecular flexibility index (Phi) is 3.65. The van der Waals surface area contributed by atoms with Gasteiger partial charge in [-0.05, 0) is 11.6 Å². The summed E-state index contributed by atoms with van der Waals surface area (Å²) in [5, 5.41) is 0. The Morgan fingerprint density at radius 2 is 2.00 bits per heavy atom. The molecule has 0 aliphatic heterocycles. The molecule has 0 aromatic heterocycles. The molecule has 0 fully saturated rings. The minimum absolute atomic E-state index is 0.0117. The van der Waals surface area contributed by atoms with Gasteiger partial charge in [-0.3, -0.25) is 4.79 Å². The van der Waals surface area contributed by atoms with E-state index in [0.717, 1.165) is 5.56 Å². The van der Waals surface area contributed by atoms with Crippen LogP contribution in [0.2, 0.25) is 0 Å². The summed E-state index contributed by atoms with van der Waals surface area (Å²) in [5.74, 6) is 0.0117. The molecular formula is C11H15NO2. The molecule has 0 atom stereocenters. The van der Waals surface area contributed by atoms with Gasteiger partial charge < -0.3 is 9.64 Å². The second kappa shape index (κ2) is 4.77. The molecule has 0 saturated heterocycles. The molecule has 0 radical (unpaired) electrons. The van der Waals surface area contributed by atoms with Gasteiger partial charge in [0.05, 0.1) is 6.61 Å². The quantitative estimate of drug-likeness (QED) is 0.728. The third kappa shape index (κ3) is 2.33. The normalized spacial score (nSPS) is 9.93. The van der Waals surface area contributed by atoms with Crippen LogP contribution < -0.4 is 0 Å². The topological polar surface area (TPSA) is 29.5 Å². The maximum Gasteiger partial charge on any atom is 0.253 e. The van der Waals surface area contributed by atoms with Crippen molar-refractivity contribution in [3.63, 3.8) is 0 Å². The van der Waals surface area contributed by atoms with Gasteiger partial charge in [0, 0.05) is 26.8 Å². The summed E-state index contributed by atoms with van der Waals surface area (Å²) in [4.78, 5) is 13.3. The van der Waals surface area contributed by atoms with E-state index in [1.165, 1.54) is 0 Å². The van der Waals surface area contributed by atoms with E-state index in [-0.39, 0.29) is 5.91 Å². The monoisotopic (exact) mass is 193 g/mol. The fourth-order valence-electron chi connectivity index (χ4n) is 1.25. The van der Waals surface area contributed by atoms with Crippen molar-refractivity contribution < 1.29 is 9.53 Å². The van der Waals surface area contributed by atoms with E-state index in [1.807, 2.05) is 24.3 Å². The molecule has 76 valence electrons. The number of hydrogen-bond acceptors (Lipinski definition) is 2. The van der Waals surface area contributed by atoms with Gasteiger partial charge in [0.15, 0.2) is 0 Å². The van der Waals surface area contributed by atoms with Crippen LogP contribution in [-0.2, 0) is 11.3 Å². The van der Waals surface area contributed by atoms with Gasteiger partial charge in [-0.2, -0.15) is 0 Å². The molecule has 0 bridgehead atoms. The third-order valence-electron chi connectivity index (χ3n) is 1.95. The number of amides is 1. The third-order valence-corrected chi connectivity index (χ3v) is 1.95. The van der Waals surface area contributed by atoms with Crippen molar-refractivity contribution in [3.8, 4) is 0 Å². The van der Waals surface area contributed by atoms with E-state index >= 15 is 0 Å². The number of rotatable bonds is 3. The maximum absolute atomic E-state index is 11.7. The van der Waals surface area contributed by atoms with Gasteiger partial charge in [0.2, 0.25) is 0 Å². The average Bonchev–Trinajstić information content (AvgIpc) is 2.18. The molecule has 0 heterocycles. The van der Waals surface area contributed by atoms with Gasteiger partial charge in [0.25, 0.3) is 5.91 Å². The first-order valence-corrected chi connectivity index (χ1v) is 4.45. The highest BCUT2D eigenvalue weighted by molar-refractivity contribution is 5.95. The molecule has 3 nitrogen and oxygen atoms in total. The van der Waals surface area contributed by atoms with Crippen molar-refractivity contribution in [3.05, 3.63) is 35.4 Å². The lowest BCUT2D eigenvalue weighted by Crippen LogP contribution is -2.23. The molecule has 0 unspecified atom stereocenters. The fourth-order valence-corrected chi connectivity index (χ4v) is 1.25. The van der Waals surface area contributed by atoms with Crippen molar-refractivity contribution in [2.75, 3.05) is 21.2 Å².